The molecule has 0 saturated heterocycles. The Morgan fingerprint density at radius 3 is 2.74 bits per heavy atom. The summed E-state index contributed by atoms with van der Waals surface area (Å²) in [6.07, 6.45) is 3.92. The largest absolute Gasteiger partial charge is 0.357 e. The normalized spacial score (nSPS) is 12.3. The van der Waals surface area contributed by atoms with Gasteiger partial charge < -0.3 is 10.6 Å². The number of aliphatic imine (C=N–C) groups is 1. The molecule has 0 aromatic carbocycles. The van der Waals surface area contributed by atoms with Gasteiger partial charge in [0, 0.05) is 24.0 Å². The first-order valence-corrected chi connectivity index (χ1v) is 7.77. The zero-order chi connectivity index (χ0) is 14.1. The van der Waals surface area contributed by atoms with Crippen LogP contribution in [0.5, 0.6) is 0 Å². The average molecular weight is 280 g/mol. The van der Waals surface area contributed by atoms with E-state index in [4.69, 9.17) is 0 Å². The molecule has 1 aromatic heterocycles. The van der Waals surface area contributed by atoms with Crippen LogP contribution in [0.2, 0.25) is 0 Å². The van der Waals surface area contributed by atoms with Crippen LogP contribution in [0.15, 0.2) is 29.4 Å². The topological polar surface area (TPSA) is 49.3 Å². The summed E-state index contributed by atoms with van der Waals surface area (Å²) in [6.45, 7) is 8.82. The van der Waals surface area contributed by atoms with E-state index in [9.17, 15) is 0 Å². The standard InChI is InChI=1S/C14H24N4S/c1-5-15-13(18-11-14(2,3)19-4)17-10-12-8-6-7-9-16-12/h6-9H,5,10-11H2,1-4H3,(H2,15,17,18). The van der Waals surface area contributed by atoms with Crippen LogP contribution < -0.4 is 10.6 Å². The Hall–Kier alpha value is -1.23. The molecule has 0 radical (unpaired) electrons. The number of aromatic nitrogens is 1. The van der Waals surface area contributed by atoms with Crippen molar-refractivity contribution in [1.29, 1.82) is 0 Å². The van der Waals surface area contributed by atoms with E-state index >= 15 is 0 Å². The van der Waals surface area contributed by atoms with Crippen molar-refractivity contribution in [2.24, 2.45) is 4.99 Å². The van der Waals surface area contributed by atoms with Gasteiger partial charge in [-0.25, -0.2) is 4.99 Å². The zero-order valence-electron chi connectivity index (χ0n) is 12.2. The molecule has 0 amide bonds. The van der Waals surface area contributed by atoms with Crippen molar-refractivity contribution < 1.29 is 0 Å². The van der Waals surface area contributed by atoms with Gasteiger partial charge in [-0.3, -0.25) is 4.98 Å². The second kappa shape index (κ2) is 8.04. The predicted octanol–water partition coefficient (Wildman–Crippen LogP) is 2.28. The Balaban J connectivity index is 2.56. The molecule has 1 rings (SSSR count). The third kappa shape index (κ3) is 6.47. The number of nitrogens with zero attached hydrogens (tertiary/aromatic N) is 2. The lowest BCUT2D eigenvalue weighted by Crippen LogP contribution is -2.43. The fourth-order valence-corrected chi connectivity index (χ4v) is 1.58. The summed E-state index contributed by atoms with van der Waals surface area (Å²) < 4.78 is 0.196. The molecule has 5 heteroatoms. The monoisotopic (exact) mass is 280 g/mol. The number of guanidine groups is 1. The highest BCUT2D eigenvalue weighted by atomic mass is 32.2. The van der Waals surface area contributed by atoms with E-state index in [2.05, 4.69) is 47.6 Å². The number of nitrogens with one attached hydrogen (secondary N) is 2. The summed E-state index contributed by atoms with van der Waals surface area (Å²) >= 11 is 1.84. The van der Waals surface area contributed by atoms with Gasteiger partial charge in [0.25, 0.3) is 0 Å². The molecule has 2 N–H and O–H groups in total. The number of hydrogen-bond acceptors (Lipinski definition) is 3. The molecule has 0 fully saturated rings. The molecule has 106 valence electrons. The lowest BCUT2D eigenvalue weighted by Gasteiger charge is -2.23. The van der Waals surface area contributed by atoms with Gasteiger partial charge in [0.05, 0.1) is 12.2 Å². The second-order valence-corrected chi connectivity index (χ2v) is 6.35. The van der Waals surface area contributed by atoms with Crippen molar-refractivity contribution in [3.63, 3.8) is 0 Å². The smallest absolute Gasteiger partial charge is 0.191 e. The van der Waals surface area contributed by atoms with Crippen molar-refractivity contribution in [2.75, 3.05) is 19.3 Å². The molecular weight excluding hydrogens is 256 g/mol. The molecule has 0 aliphatic carbocycles. The van der Waals surface area contributed by atoms with Crippen LogP contribution in [0.3, 0.4) is 0 Å². The first-order valence-electron chi connectivity index (χ1n) is 6.54. The molecule has 4 nitrogen and oxygen atoms in total. The maximum absolute atomic E-state index is 4.54. The van der Waals surface area contributed by atoms with Crippen LogP contribution in [0.1, 0.15) is 26.5 Å². The second-order valence-electron chi connectivity index (χ2n) is 4.83. The highest BCUT2D eigenvalue weighted by molar-refractivity contribution is 7.99. The van der Waals surface area contributed by atoms with Crippen molar-refractivity contribution in [3.8, 4) is 0 Å². The minimum Gasteiger partial charge on any atom is -0.357 e. The third-order valence-electron chi connectivity index (χ3n) is 2.70. The highest BCUT2D eigenvalue weighted by Gasteiger charge is 2.15. The van der Waals surface area contributed by atoms with Crippen LogP contribution in [0.25, 0.3) is 0 Å². The van der Waals surface area contributed by atoms with E-state index in [1.54, 1.807) is 6.20 Å². The Morgan fingerprint density at radius 1 is 1.37 bits per heavy atom. The maximum Gasteiger partial charge on any atom is 0.191 e. The van der Waals surface area contributed by atoms with Gasteiger partial charge in [0.1, 0.15) is 0 Å². The molecule has 1 heterocycles. The summed E-state index contributed by atoms with van der Waals surface area (Å²) in [7, 11) is 0. The minimum atomic E-state index is 0.196. The first kappa shape index (κ1) is 15.8. The quantitative estimate of drug-likeness (QED) is 0.620. The number of thioether (sulfide) groups is 1. The van der Waals surface area contributed by atoms with Crippen molar-refractivity contribution in [2.45, 2.75) is 32.1 Å². The number of hydrogen-bond donors (Lipinski definition) is 2. The zero-order valence-corrected chi connectivity index (χ0v) is 13.0. The van der Waals surface area contributed by atoms with E-state index in [-0.39, 0.29) is 4.75 Å². The van der Waals surface area contributed by atoms with E-state index < -0.39 is 0 Å². The molecule has 1 aromatic rings. The van der Waals surface area contributed by atoms with Gasteiger partial charge in [-0.05, 0) is 39.2 Å². The SMILES string of the molecule is CCNC(=NCc1ccccn1)NCC(C)(C)SC. The number of pyridine rings is 1. The Morgan fingerprint density at radius 2 is 2.16 bits per heavy atom. The fraction of sp³-hybridized carbons (Fsp3) is 0.571. The van der Waals surface area contributed by atoms with Gasteiger partial charge >= 0.3 is 0 Å². The van der Waals surface area contributed by atoms with E-state index in [1.807, 2.05) is 30.0 Å². The molecule has 19 heavy (non-hydrogen) atoms. The Kier molecular flexibility index (Phi) is 6.70. The summed E-state index contributed by atoms with van der Waals surface area (Å²) in [5, 5.41) is 6.62. The molecule has 0 spiro atoms. The van der Waals surface area contributed by atoms with Crippen molar-refractivity contribution >= 4 is 17.7 Å². The summed E-state index contributed by atoms with van der Waals surface area (Å²) in [6, 6.07) is 5.88. The summed E-state index contributed by atoms with van der Waals surface area (Å²) in [4.78, 5) is 8.81. The number of rotatable bonds is 6. The van der Waals surface area contributed by atoms with E-state index in [1.165, 1.54) is 0 Å². The van der Waals surface area contributed by atoms with Gasteiger partial charge in [-0.15, -0.1) is 0 Å². The van der Waals surface area contributed by atoms with Crippen LogP contribution in [0.4, 0.5) is 0 Å². The first-order chi connectivity index (χ1) is 9.07. The lowest BCUT2D eigenvalue weighted by molar-refractivity contribution is 0.664. The van der Waals surface area contributed by atoms with Gasteiger partial charge in [0.15, 0.2) is 5.96 Å². The van der Waals surface area contributed by atoms with E-state index in [0.717, 1.165) is 24.7 Å². The van der Waals surface area contributed by atoms with Gasteiger partial charge in [-0.2, -0.15) is 11.8 Å². The van der Waals surface area contributed by atoms with Crippen molar-refractivity contribution in [1.82, 2.24) is 15.6 Å². The lowest BCUT2D eigenvalue weighted by atomic mass is 10.2. The van der Waals surface area contributed by atoms with E-state index in [0.29, 0.717) is 6.54 Å². The van der Waals surface area contributed by atoms with Crippen LogP contribution in [-0.4, -0.2) is 35.0 Å². The molecular formula is C14H24N4S. The Labute approximate surface area is 120 Å². The van der Waals surface area contributed by atoms with Gasteiger partial charge in [0.2, 0.25) is 0 Å². The summed E-state index contributed by atoms with van der Waals surface area (Å²) in [5.74, 6) is 0.843. The molecule has 0 bridgehead atoms. The van der Waals surface area contributed by atoms with Crippen molar-refractivity contribution in [3.05, 3.63) is 30.1 Å². The Bertz CT molecular complexity index is 390. The summed E-state index contributed by atoms with van der Waals surface area (Å²) in [5.41, 5.74) is 0.976. The molecule has 0 aliphatic rings. The molecule has 0 saturated carbocycles. The maximum atomic E-state index is 4.54. The highest BCUT2D eigenvalue weighted by Crippen LogP contribution is 2.19. The molecule has 0 aliphatic heterocycles. The molecule has 0 unspecified atom stereocenters. The third-order valence-corrected chi connectivity index (χ3v) is 3.95. The minimum absolute atomic E-state index is 0.196. The van der Waals surface area contributed by atoms with Crippen LogP contribution in [0, 0.1) is 0 Å². The fourth-order valence-electron chi connectivity index (χ4n) is 1.36. The predicted molar refractivity (Wildman–Crippen MR) is 84.6 cm³/mol. The van der Waals surface area contributed by atoms with Crippen LogP contribution in [-0.2, 0) is 6.54 Å². The van der Waals surface area contributed by atoms with Crippen LogP contribution >= 0.6 is 11.8 Å². The van der Waals surface area contributed by atoms with Gasteiger partial charge in [-0.1, -0.05) is 6.07 Å². The molecule has 0 atom stereocenters. The average Bonchev–Trinajstić information content (AvgIpc) is 2.43.